The van der Waals surface area contributed by atoms with Gasteiger partial charge < -0.3 is 18.3 Å². The van der Waals surface area contributed by atoms with E-state index in [4.69, 9.17) is 18.3 Å². The van der Waals surface area contributed by atoms with Gasteiger partial charge in [0.15, 0.2) is 0 Å². The van der Waals surface area contributed by atoms with E-state index in [1.54, 1.807) is 14.2 Å². The van der Waals surface area contributed by atoms with Gasteiger partial charge in [-0.3, -0.25) is 0 Å². The third-order valence-electron chi connectivity index (χ3n) is 6.55. The first-order chi connectivity index (χ1) is 15.5. The minimum absolute atomic E-state index is 0.631. The maximum absolute atomic E-state index is 6.55. The number of benzene rings is 3. The molecule has 0 fully saturated rings. The highest BCUT2D eigenvalue weighted by Crippen LogP contribution is 2.47. The van der Waals surface area contributed by atoms with E-state index in [1.165, 1.54) is 0 Å². The second-order valence-corrected chi connectivity index (χ2v) is 8.33. The molecule has 0 aliphatic rings. The van der Waals surface area contributed by atoms with E-state index in [1.807, 2.05) is 30.3 Å². The standard InChI is InChI=1S/C28H26O4/c1-17-22-13-11-20(29-4)15-24(22)31-26(17)28(3,19-9-7-6-8-10-19)27-18(2)23-14-12-21(30-5)16-25(23)32-27/h6-16H,1-5H3. The number of hydrogen-bond acceptors (Lipinski definition) is 4. The van der Waals surface area contributed by atoms with Crippen LogP contribution in [0.1, 0.15) is 35.1 Å². The Morgan fingerprint density at radius 3 is 1.56 bits per heavy atom. The molecule has 0 bridgehead atoms. The quantitative estimate of drug-likeness (QED) is 0.299. The largest absolute Gasteiger partial charge is 0.497 e. The van der Waals surface area contributed by atoms with Crippen molar-refractivity contribution < 1.29 is 18.3 Å². The van der Waals surface area contributed by atoms with E-state index in [2.05, 4.69) is 57.2 Å². The maximum Gasteiger partial charge on any atom is 0.138 e. The predicted octanol–water partition coefficient (Wildman–Crippen LogP) is 7.17. The average Bonchev–Trinajstić information content (AvgIpc) is 3.35. The Bertz CT molecular complexity index is 1330. The van der Waals surface area contributed by atoms with Crippen LogP contribution in [0.4, 0.5) is 0 Å². The van der Waals surface area contributed by atoms with Crippen LogP contribution >= 0.6 is 0 Å². The van der Waals surface area contributed by atoms with Crippen molar-refractivity contribution >= 4 is 21.9 Å². The molecule has 5 aromatic rings. The number of methoxy groups -OCH3 is 2. The van der Waals surface area contributed by atoms with Crippen molar-refractivity contribution in [3.05, 3.63) is 94.9 Å². The fourth-order valence-electron chi connectivity index (χ4n) is 4.76. The van der Waals surface area contributed by atoms with Gasteiger partial charge in [0.25, 0.3) is 0 Å². The van der Waals surface area contributed by atoms with E-state index in [0.29, 0.717) is 0 Å². The van der Waals surface area contributed by atoms with Crippen LogP contribution in [0, 0.1) is 13.8 Å². The molecule has 162 valence electrons. The van der Waals surface area contributed by atoms with Crippen LogP contribution in [0.25, 0.3) is 21.9 Å². The molecule has 0 aliphatic carbocycles. The summed E-state index contributed by atoms with van der Waals surface area (Å²) >= 11 is 0. The SMILES string of the molecule is COc1ccc2c(C)c(C(C)(c3ccccc3)c3oc4cc(OC)ccc4c3C)oc2c1. The highest BCUT2D eigenvalue weighted by atomic mass is 16.5. The van der Waals surface area contributed by atoms with Crippen molar-refractivity contribution in [2.45, 2.75) is 26.2 Å². The van der Waals surface area contributed by atoms with Crippen molar-refractivity contribution in [1.82, 2.24) is 0 Å². The van der Waals surface area contributed by atoms with Gasteiger partial charge in [0, 0.05) is 22.9 Å². The van der Waals surface area contributed by atoms with Crippen LogP contribution in [0.3, 0.4) is 0 Å². The molecular weight excluding hydrogens is 400 g/mol. The van der Waals surface area contributed by atoms with Crippen molar-refractivity contribution in [3.8, 4) is 11.5 Å². The summed E-state index contributed by atoms with van der Waals surface area (Å²) in [6.45, 7) is 6.39. The summed E-state index contributed by atoms with van der Waals surface area (Å²) < 4.78 is 23.9. The normalized spacial score (nSPS) is 11.9. The van der Waals surface area contributed by atoms with Crippen molar-refractivity contribution in [1.29, 1.82) is 0 Å². The lowest BCUT2D eigenvalue weighted by molar-refractivity contribution is 0.396. The molecular formula is C28H26O4. The molecule has 0 N–H and O–H groups in total. The molecule has 0 saturated carbocycles. The molecule has 4 nitrogen and oxygen atoms in total. The van der Waals surface area contributed by atoms with Gasteiger partial charge in [0.1, 0.15) is 39.6 Å². The zero-order valence-corrected chi connectivity index (χ0v) is 19.0. The second-order valence-electron chi connectivity index (χ2n) is 8.33. The Labute approximate surface area is 187 Å². The Kier molecular flexibility index (Phi) is 4.74. The molecule has 0 aliphatic heterocycles. The molecule has 2 aromatic heterocycles. The lowest BCUT2D eigenvalue weighted by atomic mass is 9.75. The van der Waals surface area contributed by atoms with Crippen LogP contribution in [-0.4, -0.2) is 14.2 Å². The van der Waals surface area contributed by atoms with Gasteiger partial charge in [-0.25, -0.2) is 0 Å². The van der Waals surface area contributed by atoms with Crippen molar-refractivity contribution in [2.24, 2.45) is 0 Å². The number of fused-ring (bicyclic) bond motifs is 2. The Balaban J connectivity index is 1.83. The molecule has 32 heavy (non-hydrogen) atoms. The van der Waals surface area contributed by atoms with E-state index in [0.717, 1.165) is 61.6 Å². The molecule has 0 unspecified atom stereocenters. The summed E-state index contributed by atoms with van der Waals surface area (Å²) in [5.41, 5.74) is 4.25. The predicted molar refractivity (Wildman–Crippen MR) is 127 cm³/mol. The van der Waals surface area contributed by atoms with Gasteiger partial charge in [-0.1, -0.05) is 30.3 Å². The number of hydrogen-bond donors (Lipinski definition) is 0. The topological polar surface area (TPSA) is 44.7 Å². The molecule has 2 heterocycles. The zero-order valence-electron chi connectivity index (χ0n) is 19.0. The van der Waals surface area contributed by atoms with Crippen molar-refractivity contribution in [2.75, 3.05) is 14.2 Å². The minimum Gasteiger partial charge on any atom is -0.497 e. The van der Waals surface area contributed by atoms with Gasteiger partial charge >= 0.3 is 0 Å². The van der Waals surface area contributed by atoms with E-state index < -0.39 is 5.41 Å². The van der Waals surface area contributed by atoms with Crippen LogP contribution < -0.4 is 9.47 Å². The monoisotopic (exact) mass is 426 g/mol. The van der Waals surface area contributed by atoms with Crippen LogP contribution in [0.2, 0.25) is 0 Å². The van der Waals surface area contributed by atoms with E-state index >= 15 is 0 Å². The Morgan fingerprint density at radius 1 is 0.656 bits per heavy atom. The molecule has 0 saturated heterocycles. The number of ether oxygens (including phenoxy) is 2. The van der Waals surface area contributed by atoms with Crippen LogP contribution in [-0.2, 0) is 5.41 Å². The molecule has 5 rings (SSSR count). The fourth-order valence-corrected chi connectivity index (χ4v) is 4.76. The molecule has 0 atom stereocenters. The van der Waals surface area contributed by atoms with Crippen LogP contribution in [0.15, 0.2) is 75.6 Å². The highest BCUT2D eigenvalue weighted by molar-refractivity contribution is 5.86. The van der Waals surface area contributed by atoms with Gasteiger partial charge in [-0.2, -0.15) is 0 Å². The third-order valence-corrected chi connectivity index (χ3v) is 6.55. The van der Waals surface area contributed by atoms with Gasteiger partial charge in [-0.15, -0.1) is 0 Å². The first kappa shape index (κ1) is 20.3. The van der Waals surface area contributed by atoms with Crippen LogP contribution in [0.5, 0.6) is 11.5 Å². The molecule has 0 amide bonds. The molecule has 0 radical (unpaired) electrons. The third kappa shape index (κ3) is 2.90. The summed E-state index contributed by atoms with van der Waals surface area (Å²) in [4.78, 5) is 0. The Hall–Kier alpha value is -3.66. The summed E-state index contributed by atoms with van der Waals surface area (Å²) in [5, 5.41) is 2.14. The Morgan fingerprint density at radius 2 is 1.12 bits per heavy atom. The van der Waals surface area contributed by atoms with Crippen molar-refractivity contribution in [3.63, 3.8) is 0 Å². The average molecular weight is 427 g/mol. The van der Waals surface area contributed by atoms with Gasteiger partial charge in [0.05, 0.1) is 14.2 Å². The lowest BCUT2D eigenvalue weighted by Gasteiger charge is -2.28. The van der Waals surface area contributed by atoms with E-state index in [-0.39, 0.29) is 0 Å². The first-order valence-electron chi connectivity index (χ1n) is 10.7. The smallest absolute Gasteiger partial charge is 0.138 e. The number of furan rings is 2. The van der Waals surface area contributed by atoms with Gasteiger partial charge in [-0.05, 0) is 61.7 Å². The zero-order chi connectivity index (χ0) is 22.5. The lowest BCUT2D eigenvalue weighted by Crippen LogP contribution is -2.26. The fraction of sp³-hybridized carbons (Fsp3) is 0.214. The van der Waals surface area contributed by atoms with E-state index in [9.17, 15) is 0 Å². The summed E-state index contributed by atoms with van der Waals surface area (Å²) in [7, 11) is 3.33. The highest BCUT2D eigenvalue weighted by Gasteiger charge is 2.41. The molecule has 0 spiro atoms. The summed E-state index contributed by atoms with van der Waals surface area (Å²) in [6, 6.07) is 22.3. The number of rotatable bonds is 5. The summed E-state index contributed by atoms with van der Waals surface area (Å²) in [5.74, 6) is 3.26. The molecule has 3 aromatic carbocycles. The summed E-state index contributed by atoms with van der Waals surface area (Å²) in [6.07, 6.45) is 0. The maximum atomic E-state index is 6.55. The molecule has 4 heteroatoms. The number of aryl methyl sites for hydroxylation is 2. The second kappa shape index (κ2) is 7.49. The minimum atomic E-state index is -0.631. The van der Waals surface area contributed by atoms with Gasteiger partial charge in [0.2, 0.25) is 0 Å². The first-order valence-corrected chi connectivity index (χ1v) is 10.7.